The maximum absolute atomic E-state index is 9.31. The summed E-state index contributed by atoms with van der Waals surface area (Å²) in [7, 11) is 1.97. The summed E-state index contributed by atoms with van der Waals surface area (Å²) in [6, 6.07) is 4.79. The molecule has 0 bridgehead atoms. The van der Waals surface area contributed by atoms with Crippen molar-refractivity contribution in [2.45, 2.75) is 0 Å². The number of benzene rings is 1. The van der Waals surface area contributed by atoms with Crippen LogP contribution in [-0.2, 0) is 0 Å². The molecule has 74 valence electrons. The summed E-state index contributed by atoms with van der Waals surface area (Å²) in [4.78, 5) is 3.99. The Morgan fingerprint density at radius 2 is 1.93 bits per heavy atom. The molecule has 2 N–H and O–H groups in total. The minimum absolute atomic E-state index is 0.0922. The molecule has 0 fully saturated rings. The van der Waals surface area contributed by atoms with E-state index in [1.165, 1.54) is 6.07 Å². The van der Waals surface area contributed by atoms with Gasteiger partial charge in [-0.05, 0) is 12.1 Å². The Kier molecular flexibility index (Phi) is 1.96. The highest BCUT2D eigenvalue weighted by Crippen LogP contribution is 2.30. The molecular weight excluding hydrogens is 180 g/mol. The third-order valence-corrected chi connectivity index (χ3v) is 2.17. The summed E-state index contributed by atoms with van der Waals surface area (Å²) in [5.41, 5.74) is 0.862. The number of hydrogen-bond acceptors (Lipinski definition) is 4. The van der Waals surface area contributed by atoms with Gasteiger partial charge in [-0.2, -0.15) is 0 Å². The van der Waals surface area contributed by atoms with Crippen LogP contribution in [0.1, 0.15) is 0 Å². The summed E-state index contributed by atoms with van der Waals surface area (Å²) < 4.78 is 0. The monoisotopic (exact) mass is 192 g/mol. The maximum atomic E-state index is 9.31. The first kappa shape index (κ1) is 8.74. The fraction of sp³-hybridized carbons (Fsp3) is 0.200. The molecule has 1 aliphatic heterocycles. The van der Waals surface area contributed by atoms with E-state index in [9.17, 15) is 5.11 Å². The smallest absolute Gasteiger partial charge is 0.159 e. The van der Waals surface area contributed by atoms with E-state index < -0.39 is 0 Å². The van der Waals surface area contributed by atoms with Gasteiger partial charge in [-0.15, -0.1) is 0 Å². The van der Waals surface area contributed by atoms with Gasteiger partial charge in [0.2, 0.25) is 0 Å². The summed E-state index contributed by atoms with van der Waals surface area (Å²) in [5, 5.41) is 18.5. The van der Waals surface area contributed by atoms with Crippen molar-refractivity contribution in [3.63, 3.8) is 0 Å². The van der Waals surface area contributed by atoms with Gasteiger partial charge in [0.15, 0.2) is 11.5 Å². The van der Waals surface area contributed by atoms with Crippen molar-refractivity contribution >= 4 is 5.69 Å². The van der Waals surface area contributed by atoms with E-state index in [1.807, 2.05) is 29.2 Å². The number of hydrogen-bond donors (Lipinski definition) is 2. The van der Waals surface area contributed by atoms with E-state index in [2.05, 4.69) is 0 Å². The van der Waals surface area contributed by atoms with Crippen LogP contribution in [-0.4, -0.2) is 28.8 Å². The molecule has 1 aromatic carbocycles. The van der Waals surface area contributed by atoms with Gasteiger partial charge < -0.3 is 20.0 Å². The lowest BCUT2D eigenvalue weighted by atomic mass is 10.2. The van der Waals surface area contributed by atoms with Gasteiger partial charge in [-0.25, -0.2) is 0 Å². The summed E-state index contributed by atoms with van der Waals surface area (Å²) in [6.07, 6.45) is 3.87. The largest absolute Gasteiger partial charge is 0.504 e. The maximum Gasteiger partial charge on any atom is 0.159 e. The first-order valence-electron chi connectivity index (χ1n) is 4.34. The van der Waals surface area contributed by atoms with Crippen LogP contribution in [0.3, 0.4) is 0 Å². The minimum Gasteiger partial charge on any atom is -0.504 e. The van der Waals surface area contributed by atoms with Gasteiger partial charge in [0.25, 0.3) is 0 Å². The lowest BCUT2D eigenvalue weighted by Gasteiger charge is -2.18. The number of rotatable bonds is 1. The van der Waals surface area contributed by atoms with Crippen molar-refractivity contribution in [2.24, 2.45) is 0 Å². The molecule has 0 radical (unpaired) electrons. The molecule has 0 atom stereocenters. The molecule has 1 aliphatic rings. The molecule has 0 aromatic heterocycles. The van der Waals surface area contributed by atoms with E-state index in [0.29, 0.717) is 0 Å². The third kappa shape index (κ3) is 1.46. The van der Waals surface area contributed by atoms with Crippen molar-refractivity contribution in [1.82, 2.24) is 4.90 Å². The second-order valence-corrected chi connectivity index (χ2v) is 3.34. The number of phenols is 2. The van der Waals surface area contributed by atoms with E-state index in [-0.39, 0.29) is 11.5 Å². The SMILES string of the molecule is CN1C=CN(c2ccc(O)c(O)c2)C1. The topological polar surface area (TPSA) is 46.9 Å². The lowest BCUT2D eigenvalue weighted by Crippen LogP contribution is -2.21. The fourth-order valence-corrected chi connectivity index (χ4v) is 1.39. The standard InChI is InChI=1S/C10H12N2O2/c1-11-4-5-12(7-11)8-2-3-9(13)10(14)6-8/h2-6,13-14H,7H2,1H3. The van der Waals surface area contributed by atoms with Crippen molar-refractivity contribution in [3.8, 4) is 11.5 Å². The van der Waals surface area contributed by atoms with Crippen molar-refractivity contribution in [2.75, 3.05) is 18.6 Å². The predicted molar refractivity (Wildman–Crippen MR) is 54.0 cm³/mol. The minimum atomic E-state index is -0.0923. The normalized spacial score (nSPS) is 15.2. The first-order valence-corrected chi connectivity index (χ1v) is 4.34. The van der Waals surface area contributed by atoms with E-state index in [1.54, 1.807) is 12.1 Å². The molecule has 4 nitrogen and oxygen atoms in total. The zero-order valence-corrected chi connectivity index (χ0v) is 7.88. The molecule has 0 spiro atoms. The molecule has 4 heteroatoms. The van der Waals surface area contributed by atoms with Crippen molar-refractivity contribution in [1.29, 1.82) is 0 Å². The number of nitrogens with zero attached hydrogens (tertiary/aromatic N) is 2. The highest BCUT2D eigenvalue weighted by Gasteiger charge is 2.11. The Morgan fingerprint density at radius 3 is 2.50 bits per heavy atom. The van der Waals surface area contributed by atoms with Gasteiger partial charge in [0.05, 0.1) is 6.67 Å². The summed E-state index contributed by atoms with van der Waals surface area (Å²) >= 11 is 0. The van der Waals surface area contributed by atoms with Crippen molar-refractivity contribution in [3.05, 3.63) is 30.6 Å². The molecule has 0 amide bonds. The molecule has 1 heterocycles. The van der Waals surface area contributed by atoms with Crippen LogP contribution in [0.2, 0.25) is 0 Å². The fourth-order valence-electron chi connectivity index (χ4n) is 1.39. The van der Waals surface area contributed by atoms with Gasteiger partial charge in [0.1, 0.15) is 0 Å². The van der Waals surface area contributed by atoms with Crippen molar-refractivity contribution < 1.29 is 10.2 Å². The number of aromatic hydroxyl groups is 2. The Morgan fingerprint density at radius 1 is 1.14 bits per heavy atom. The lowest BCUT2D eigenvalue weighted by molar-refractivity contribution is 0.403. The molecule has 0 saturated carbocycles. The van der Waals surface area contributed by atoms with E-state index in [4.69, 9.17) is 5.11 Å². The molecule has 1 aromatic rings. The second kappa shape index (κ2) is 3.14. The molecule has 0 saturated heterocycles. The molecule has 14 heavy (non-hydrogen) atoms. The van der Waals surface area contributed by atoms with Crippen LogP contribution < -0.4 is 4.90 Å². The quantitative estimate of drug-likeness (QED) is 0.658. The van der Waals surface area contributed by atoms with Crippen LogP contribution in [0.25, 0.3) is 0 Å². The second-order valence-electron chi connectivity index (χ2n) is 3.34. The first-order chi connectivity index (χ1) is 6.66. The van der Waals surface area contributed by atoms with Gasteiger partial charge in [-0.1, -0.05) is 0 Å². The van der Waals surface area contributed by atoms with Gasteiger partial charge in [-0.3, -0.25) is 0 Å². The summed E-state index contributed by atoms with van der Waals surface area (Å²) in [6.45, 7) is 0.754. The van der Waals surface area contributed by atoms with E-state index >= 15 is 0 Å². The van der Waals surface area contributed by atoms with Gasteiger partial charge in [0, 0.05) is 31.2 Å². The van der Waals surface area contributed by atoms with Crippen LogP contribution in [0.4, 0.5) is 5.69 Å². The van der Waals surface area contributed by atoms with E-state index in [0.717, 1.165) is 12.4 Å². The average molecular weight is 192 g/mol. The zero-order valence-electron chi connectivity index (χ0n) is 7.88. The highest BCUT2D eigenvalue weighted by atomic mass is 16.3. The number of phenolic OH excluding ortho intramolecular Hbond substituents is 2. The summed E-state index contributed by atoms with van der Waals surface area (Å²) in [5.74, 6) is -0.185. The highest BCUT2D eigenvalue weighted by molar-refractivity contribution is 5.57. The molecule has 2 rings (SSSR count). The van der Waals surface area contributed by atoms with Gasteiger partial charge >= 0.3 is 0 Å². The third-order valence-electron chi connectivity index (χ3n) is 2.17. The predicted octanol–water partition coefficient (Wildman–Crippen LogP) is 1.28. The Bertz CT molecular complexity index is 376. The average Bonchev–Trinajstić information content (AvgIpc) is 2.57. The number of anilines is 1. The van der Waals surface area contributed by atoms with Crippen LogP contribution >= 0.6 is 0 Å². The van der Waals surface area contributed by atoms with Crippen LogP contribution in [0, 0.1) is 0 Å². The zero-order chi connectivity index (χ0) is 10.1. The van der Waals surface area contributed by atoms with Crippen LogP contribution in [0.15, 0.2) is 30.6 Å². The van der Waals surface area contributed by atoms with Crippen LogP contribution in [0.5, 0.6) is 11.5 Å². The Balaban J connectivity index is 2.25. The molecular formula is C10H12N2O2. The Labute approximate surface area is 82.3 Å². The molecule has 0 unspecified atom stereocenters. The molecule has 0 aliphatic carbocycles. The Hall–Kier alpha value is -1.84.